The van der Waals surface area contributed by atoms with Crippen LogP contribution in [-0.4, -0.2) is 24.2 Å². The van der Waals surface area contributed by atoms with E-state index in [4.69, 9.17) is 0 Å². The van der Waals surface area contributed by atoms with Crippen molar-refractivity contribution in [3.8, 4) is 5.75 Å². The maximum Gasteiger partial charge on any atom is 0.122 e. The summed E-state index contributed by atoms with van der Waals surface area (Å²) in [5.74, 6) is 1.31. The lowest BCUT2D eigenvalue weighted by molar-refractivity contribution is 0.342. The topological polar surface area (TPSA) is 35.5 Å². The van der Waals surface area contributed by atoms with E-state index in [-0.39, 0.29) is 6.04 Å². The summed E-state index contributed by atoms with van der Waals surface area (Å²) < 4.78 is 0. The van der Waals surface area contributed by atoms with Crippen LogP contribution in [0.25, 0.3) is 0 Å². The Balaban J connectivity index is 1.79. The maximum absolute atomic E-state index is 10.4. The van der Waals surface area contributed by atoms with E-state index in [1.807, 2.05) is 6.07 Å². The van der Waals surface area contributed by atoms with Crippen molar-refractivity contribution in [2.75, 3.05) is 18.0 Å². The van der Waals surface area contributed by atoms with Crippen LogP contribution in [0.5, 0.6) is 5.75 Å². The van der Waals surface area contributed by atoms with Crippen molar-refractivity contribution in [3.05, 3.63) is 23.8 Å². The molecule has 1 saturated carbocycles. The normalized spacial score (nSPS) is 26.7. The molecule has 0 aromatic heterocycles. The van der Waals surface area contributed by atoms with Gasteiger partial charge >= 0.3 is 0 Å². The zero-order chi connectivity index (χ0) is 14.8. The number of anilines is 1. The second kappa shape index (κ2) is 6.27. The van der Waals surface area contributed by atoms with Gasteiger partial charge in [0.05, 0.1) is 0 Å². The largest absolute Gasteiger partial charge is 0.508 e. The number of phenolic OH excluding ortho intramolecular Hbond substituents is 1. The fourth-order valence-corrected chi connectivity index (χ4v) is 4.22. The van der Waals surface area contributed by atoms with E-state index in [0.29, 0.717) is 11.8 Å². The molecule has 1 heterocycles. The number of hydrogen-bond acceptors (Lipinski definition) is 3. The highest BCUT2D eigenvalue weighted by Crippen LogP contribution is 2.40. The lowest BCUT2D eigenvalue weighted by Gasteiger charge is -2.33. The first-order valence-corrected chi connectivity index (χ1v) is 8.53. The van der Waals surface area contributed by atoms with Crippen molar-refractivity contribution in [2.24, 2.45) is 5.92 Å². The Labute approximate surface area is 128 Å². The molecule has 1 aromatic rings. The summed E-state index contributed by atoms with van der Waals surface area (Å²) in [4.78, 5) is 2.53. The molecule has 3 unspecified atom stereocenters. The molecule has 2 aliphatic rings. The van der Waals surface area contributed by atoms with Gasteiger partial charge in [0.25, 0.3) is 0 Å². The van der Waals surface area contributed by atoms with E-state index >= 15 is 0 Å². The third kappa shape index (κ3) is 2.89. The van der Waals surface area contributed by atoms with Gasteiger partial charge in [0.15, 0.2) is 0 Å². The van der Waals surface area contributed by atoms with Gasteiger partial charge in [-0.25, -0.2) is 0 Å². The molecule has 2 N–H and O–H groups in total. The number of nitrogens with zero attached hydrogens (tertiary/aromatic N) is 1. The molecule has 1 saturated heterocycles. The average molecular weight is 288 g/mol. The van der Waals surface area contributed by atoms with E-state index < -0.39 is 0 Å². The average Bonchev–Trinajstić information content (AvgIpc) is 2.91. The smallest absolute Gasteiger partial charge is 0.122 e. The van der Waals surface area contributed by atoms with Crippen LogP contribution >= 0.6 is 0 Å². The molecule has 3 nitrogen and oxygen atoms in total. The summed E-state index contributed by atoms with van der Waals surface area (Å²) in [7, 11) is 0. The van der Waals surface area contributed by atoms with Gasteiger partial charge in [0.2, 0.25) is 0 Å². The van der Waals surface area contributed by atoms with Gasteiger partial charge in [-0.1, -0.05) is 25.8 Å². The molecular formula is C18H28N2O. The monoisotopic (exact) mass is 288 g/mol. The Morgan fingerprint density at radius 3 is 2.86 bits per heavy atom. The van der Waals surface area contributed by atoms with Crippen molar-refractivity contribution in [3.63, 3.8) is 0 Å². The predicted octanol–water partition coefficient (Wildman–Crippen LogP) is 3.83. The van der Waals surface area contributed by atoms with Gasteiger partial charge in [-0.3, -0.25) is 0 Å². The first kappa shape index (κ1) is 14.7. The molecule has 3 atom stereocenters. The SMILES string of the molecule is CCNC(C)c1ccc(N2CCC3CCCCC32)cc1O. The van der Waals surface area contributed by atoms with Crippen LogP contribution in [0.3, 0.4) is 0 Å². The lowest BCUT2D eigenvalue weighted by atomic mass is 9.85. The van der Waals surface area contributed by atoms with E-state index in [2.05, 4.69) is 36.2 Å². The molecule has 0 radical (unpaired) electrons. The fourth-order valence-electron chi connectivity index (χ4n) is 4.22. The predicted molar refractivity (Wildman–Crippen MR) is 87.9 cm³/mol. The zero-order valence-corrected chi connectivity index (χ0v) is 13.3. The molecule has 2 fully saturated rings. The quantitative estimate of drug-likeness (QED) is 0.884. The van der Waals surface area contributed by atoms with Crippen molar-refractivity contribution in [2.45, 2.75) is 58.0 Å². The molecule has 0 bridgehead atoms. The number of phenols is 1. The summed E-state index contributed by atoms with van der Waals surface area (Å²) in [6.45, 7) is 6.26. The minimum Gasteiger partial charge on any atom is -0.508 e. The van der Waals surface area contributed by atoms with Crippen LogP contribution < -0.4 is 10.2 Å². The Morgan fingerprint density at radius 1 is 1.29 bits per heavy atom. The van der Waals surface area contributed by atoms with Crippen LogP contribution in [0.2, 0.25) is 0 Å². The van der Waals surface area contributed by atoms with Gasteiger partial charge in [0, 0.05) is 35.9 Å². The van der Waals surface area contributed by atoms with Gasteiger partial charge in [-0.15, -0.1) is 0 Å². The van der Waals surface area contributed by atoms with Crippen LogP contribution in [0.1, 0.15) is 57.6 Å². The second-order valence-electron chi connectivity index (χ2n) is 6.62. The van der Waals surface area contributed by atoms with E-state index in [1.165, 1.54) is 37.8 Å². The van der Waals surface area contributed by atoms with Crippen molar-refractivity contribution in [1.82, 2.24) is 5.32 Å². The third-order valence-corrected chi connectivity index (χ3v) is 5.33. The highest BCUT2D eigenvalue weighted by atomic mass is 16.3. The molecular weight excluding hydrogens is 260 g/mol. The number of nitrogens with one attached hydrogen (secondary N) is 1. The first-order valence-electron chi connectivity index (χ1n) is 8.53. The number of hydrogen-bond donors (Lipinski definition) is 2. The lowest BCUT2D eigenvalue weighted by Crippen LogP contribution is -2.34. The fraction of sp³-hybridized carbons (Fsp3) is 0.667. The Kier molecular flexibility index (Phi) is 4.39. The standard InChI is InChI=1S/C18H28N2O/c1-3-19-13(2)16-9-8-15(12-18(16)21)20-11-10-14-6-4-5-7-17(14)20/h8-9,12-14,17,19,21H,3-7,10-11H2,1-2H3. The molecule has 21 heavy (non-hydrogen) atoms. The Hall–Kier alpha value is -1.22. The van der Waals surface area contributed by atoms with Crippen molar-refractivity contribution in [1.29, 1.82) is 0 Å². The molecule has 0 spiro atoms. The first-order chi connectivity index (χ1) is 10.2. The van der Waals surface area contributed by atoms with E-state index in [0.717, 1.165) is 24.6 Å². The van der Waals surface area contributed by atoms with Crippen LogP contribution in [-0.2, 0) is 0 Å². The summed E-state index contributed by atoms with van der Waals surface area (Å²) in [5, 5.41) is 13.7. The van der Waals surface area contributed by atoms with Gasteiger partial charge in [-0.2, -0.15) is 0 Å². The van der Waals surface area contributed by atoms with Gasteiger partial charge < -0.3 is 15.3 Å². The third-order valence-electron chi connectivity index (χ3n) is 5.33. The van der Waals surface area contributed by atoms with Crippen molar-refractivity contribution >= 4 is 5.69 Å². The van der Waals surface area contributed by atoms with E-state index in [1.54, 1.807) is 0 Å². The number of rotatable bonds is 4. The summed E-state index contributed by atoms with van der Waals surface area (Å²) >= 11 is 0. The summed E-state index contributed by atoms with van der Waals surface area (Å²) in [6, 6.07) is 7.16. The van der Waals surface area contributed by atoms with Crippen molar-refractivity contribution < 1.29 is 5.11 Å². The van der Waals surface area contributed by atoms with E-state index in [9.17, 15) is 5.11 Å². The number of aromatic hydroxyl groups is 1. The minimum atomic E-state index is 0.199. The molecule has 0 amide bonds. The number of benzene rings is 1. The number of fused-ring (bicyclic) bond motifs is 1. The minimum absolute atomic E-state index is 0.199. The molecule has 1 aliphatic carbocycles. The molecule has 1 aliphatic heterocycles. The van der Waals surface area contributed by atoms with Crippen LogP contribution in [0.4, 0.5) is 5.69 Å². The molecule has 3 heteroatoms. The van der Waals surface area contributed by atoms with Crippen LogP contribution in [0.15, 0.2) is 18.2 Å². The molecule has 3 rings (SSSR count). The summed E-state index contributed by atoms with van der Waals surface area (Å²) in [6.07, 6.45) is 6.79. The Bertz CT molecular complexity index is 488. The Morgan fingerprint density at radius 2 is 2.10 bits per heavy atom. The molecule has 1 aromatic carbocycles. The maximum atomic E-state index is 10.4. The highest BCUT2D eigenvalue weighted by molar-refractivity contribution is 5.55. The highest BCUT2D eigenvalue weighted by Gasteiger charge is 2.35. The molecule has 116 valence electrons. The summed E-state index contributed by atoms with van der Waals surface area (Å²) in [5.41, 5.74) is 2.20. The van der Waals surface area contributed by atoms with Gasteiger partial charge in [-0.05, 0) is 44.7 Å². The zero-order valence-electron chi connectivity index (χ0n) is 13.3. The van der Waals surface area contributed by atoms with Gasteiger partial charge in [0.1, 0.15) is 5.75 Å². The second-order valence-corrected chi connectivity index (χ2v) is 6.62. The van der Waals surface area contributed by atoms with Crippen LogP contribution in [0, 0.1) is 5.92 Å².